The number of carboxylic acids is 1. The van der Waals surface area contributed by atoms with Gasteiger partial charge in [0.1, 0.15) is 12.3 Å². The molecule has 1 N–H and O–H groups in total. The highest BCUT2D eigenvalue weighted by atomic mass is 32.2. The van der Waals surface area contributed by atoms with Crippen molar-refractivity contribution in [3.8, 4) is 5.75 Å². The van der Waals surface area contributed by atoms with Gasteiger partial charge >= 0.3 is 11.9 Å². The Morgan fingerprint density at radius 1 is 1.22 bits per heavy atom. The third kappa shape index (κ3) is 5.22. The smallest absolute Gasteiger partial charge is 0.343 e. The van der Waals surface area contributed by atoms with Crippen LogP contribution in [0.4, 0.5) is 0 Å². The first-order valence-electron chi connectivity index (χ1n) is 6.71. The lowest BCUT2D eigenvalue weighted by molar-refractivity contribution is -0.143. The summed E-state index contributed by atoms with van der Waals surface area (Å²) in [7, 11) is -2.72. The molecule has 0 spiro atoms. The van der Waals surface area contributed by atoms with Crippen LogP contribution in [0.3, 0.4) is 0 Å². The van der Waals surface area contributed by atoms with Crippen LogP contribution in [0.25, 0.3) is 0 Å². The van der Waals surface area contributed by atoms with Crippen LogP contribution < -0.4 is 4.74 Å². The number of nitrogens with zero attached hydrogens (tertiary/aromatic N) is 1. The van der Waals surface area contributed by atoms with Gasteiger partial charge in [0.15, 0.2) is 6.61 Å². The van der Waals surface area contributed by atoms with Gasteiger partial charge in [0.05, 0.1) is 12.0 Å². The molecule has 0 aliphatic heterocycles. The molecule has 0 radical (unpaired) electrons. The maximum absolute atomic E-state index is 12.5. The molecule has 23 heavy (non-hydrogen) atoms. The van der Waals surface area contributed by atoms with E-state index in [0.29, 0.717) is 5.75 Å². The molecule has 128 valence electrons. The lowest BCUT2D eigenvalue weighted by atomic mass is 10.3. The lowest BCUT2D eigenvalue weighted by Crippen LogP contribution is -2.40. The molecule has 0 bridgehead atoms. The molecule has 0 aromatic heterocycles. The van der Waals surface area contributed by atoms with Gasteiger partial charge in [-0.1, -0.05) is 0 Å². The quantitative estimate of drug-likeness (QED) is 0.691. The van der Waals surface area contributed by atoms with Gasteiger partial charge in [0.25, 0.3) is 0 Å². The van der Waals surface area contributed by atoms with Gasteiger partial charge in [-0.2, -0.15) is 4.31 Å². The highest BCUT2D eigenvalue weighted by molar-refractivity contribution is 7.89. The SMILES string of the molecule is COC(=O)COc1ccc(S(=O)(=O)N(CC(=O)O)C(C)C)cc1. The van der Waals surface area contributed by atoms with Crippen LogP contribution in [-0.2, 0) is 24.3 Å². The van der Waals surface area contributed by atoms with E-state index in [1.807, 2.05) is 0 Å². The highest BCUT2D eigenvalue weighted by Crippen LogP contribution is 2.21. The molecule has 0 aliphatic rings. The van der Waals surface area contributed by atoms with Crippen molar-refractivity contribution in [2.24, 2.45) is 0 Å². The maximum Gasteiger partial charge on any atom is 0.343 e. The van der Waals surface area contributed by atoms with Crippen molar-refractivity contribution in [3.05, 3.63) is 24.3 Å². The molecule has 0 atom stereocenters. The number of methoxy groups -OCH3 is 1. The van der Waals surface area contributed by atoms with E-state index in [1.165, 1.54) is 31.4 Å². The Labute approximate surface area is 134 Å². The van der Waals surface area contributed by atoms with E-state index in [-0.39, 0.29) is 11.5 Å². The van der Waals surface area contributed by atoms with Crippen LogP contribution in [-0.4, -0.2) is 56.1 Å². The number of carboxylic acid groups (broad SMARTS) is 1. The maximum atomic E-state index is 12.5. The third-order valence-corrected chi connectivity index (χ3v) is 4.92. The van der Waals surface area contributed by atoms with Crippen molar-refractivity contribution in [1.82, 2.24) is 4.31 Å². The Hall–Kier alpha value is -2.13. The molecule has 1 aromatic rings. The number of sulfonamides is 1. The predicted octanol–water partition coefficient (Wildman–Crippen LogP) is 0.722. The van der Waals surface area contributed by atoms with Gasteiger partial charge < -0.3 is 14.6 Å². The number of aliphatic carboxylic acids is 1. The van der Waals surface area contributed by atoms with Crippen LogP contribution in [0.5, 0.6) is 5.75 Å². The molecule has 0 aliphatic carbocycles. The summed E-state index contributed by atoms with van der Waals surface area (Å²) in [6.07, 6.45) is 0. The largest absolute Gasteiger partial charge is 0.482 e. The minimum Gasteiger partial charge on any atom is -0.482 e. The molecule has 0 unspecified atom stereocenters. The summed E-state index contributed by atoms with van der Waals surface area (Å²) in [5, 5.41) is 8.86. The highest BCUT2D eigenvalue weighted by Gasteiger charge is 2.28. The van der Waals surface area contributed by atoms with Crippen molar-refractivity contribution >= 4 is 22.0 Å². The van der Waals surface area contributed by atoms with Crippen molar-refractivity contribution in [3.63, 3.8) is 0 Å². The molecule has 0 amide bonds. The monoisotopic (exact) mass is 345 g/mol. The Balaban J connectivity index is 2.95. The molecule has 1 rings (SSSR count). The first kappa shape index (κ1) is 18.9. The van der Waals surface area contributed by atoms with Gasteiger partial charge in [-0.3, -0.25) is 4.79 Å². The van der Waals surface area contributed by atoms with Gasteiger partial charge in [0.2, 0.25) is 10.0 Å². The Bertz CT molecular complexity index is 652. The van der Waals surface area contributed by atoms with E-state index in [4.69, 9.17) is 9.84 Å². The number of carbonyl (C=O) groups is 2. The summed E-state index contributed by atoms with van der Waals surface area (Å²) in [6, 6.07) is 4.84. The molecular formula is C14H19NO7S. The Kier molecular flexibility index (Phi) is 6.52. The van der Waals surface area contributed by atoms with Crippen LogP contribution in [0, 0.1) is 0 Å². The summed E-state index contributed by atoms with van der Waals surface area (Å²) in [5.74, 6) is -1.50. The second-order valence-electron chi connectivity index (χ2n) is 4.87. The number of rotatable bonds is 8. The number of hydrogen-bond donors (Lipinski definition) is 1. The molecule has 0 saturated carbocycles. The average Bonchev–Trinajstić information content (AvgIpc) is 2.50. The van der Waals surface area contributed by atoms with Crippen molar-refractivity contribution < 1.29 is 32.6 Å². The minimum atomic E-state index is -3.94. The molecule has 0 fully saturated rings. The topological polar surface area (TPSA) is 110 Å². The predicted molar refractivity (Wildman–Crippen MR) is 80.6 cm³/mol. The number of carbonyl (C=O) groups excluding carboxylic acids is 1. The van der Waals surface area contributed by atoms with Gasteiger partial charge in [-0.25, -0.2) is 13.2 Å². The van der Waals surface area contributed by atoms with E-state index in [9.17, 15) is 18.0 Å². The zero-order chi connectivity index (χ0) is 17.6. The van der Waals surface area contributed by atoms with Gasteiger partial charge in [-0.15, -0.1) is 0 Å². The zero-order valence-corrected chi connectivity index (χ0v) is 13.9. The van der Waals surface area contributed by atoms with Crippen LogP contribution in [0.2, 0.25) is 0 Å². The van der Waals surface area contributed by atoms with E-state index < -0.39 is 34.5 Å². The van der Waals surface area contributed by atoms with E-state index in [0.717, 1.165) is 4.31 Å². The summed E-state index contributed by atoms with van der Waals surface area (Å²) < 4.78 is 35.4. The normalized spacial score (nSPS) is 11.5. The molecule has 1 aromatic carbocycles. The number of esters is 1. The molecule has 8 nitrogen and oxygen atoms in total. The fourth-order valence-corrected chi connectivity index (χ4v) is 3.31. The summed E-state index contributed by atoms with van der Waals surface area (Å²) >= 11 is 0. The van der Waals surface area contributed by atoms with E-state index in [2.05, 4.69) is 4.74 Å². The first-order valence-corrected chi connectivity index (χ1v) is 8.15. The molecule has 0 heterocycles. The van der Waals surface area contributed by atoms with Crippen molar-refractivity contribution in [1.29, 1.82) is 0 Å². The summed E-state index contributed by atoms with van der Waals surface area (Å²) in [6.45, 7) is 2.27. The van der Waals surface area contributed by atoms with E-state index in [1.54, 1.807) is 13.8 Å². The standard InChI is InChI=1S/C14H19NO7S/c1-10(2)15(8-13(16)17)23(19,20)12-6-4-11(5-7-12)22-9-14(18)21-3/h4-7,10H,8-9H2,1-3H3,(H,16,17). The number of hydrogen-bond acceptors (Lipinski definition) is 6. The lowest BCUT2D eigenvalue weighted by Gasteiger charge is -2.24. The van der Waals surface area contributed by atoms with E-state index >= 15 is 0 Å². The molecule has 0 saturated heterocycles. The van der Waals surface area contributed by atoms with Crippen LogP contribution in [0.15, 0.2) is 29.2 Å². The fourth-order valence-electron chi connectivity index (χ4n) is 1.72. The van der Waals surface area contributed by atoms with Crippen LogP contribution in [0.1, 0.15) is 13.8 Å². The van der Waals surface area contributed by atoms with Crippen molar-refractivity contribution in [2.45, 2.75) is 24.8 Å². The third-order valence-electron chi connectivity index (χ3n) is 2.88. The Morgan fingerprint density at radius 3 is 2.22 bits per heavy atom. The second-order valence-corrected chi connectivity index (χ2v) is 6.76. The van der Waals surface area contributed by atoms with Crippen molar-refractivity contribution in [2.75, 3.05) is 20.3 Å². The van der Waals surface area contributed by atoms with Gasteiger partial charge in [0, 0.05) is 6.04 Å². The fraction of sp³-hybridized carbons (Fsp3) is 0.429. The van der Waals surface area contributed by atoms with Gasteiger partial charge in [-0.05, 0) is 38.1 Å². The second kappa shape index (κ2) is 7.93. The average molecular weight is 345 g/mol. The first-order chi connectivity index (χ1) is 10.7. The number of ether oxygens (including phenoxy) is 2. The Morgan fingerprint density at radius 2 is 1.78 bits per heavy atom. The minimum absolute atomic E-state index is 0.0575. The number of benzene rings is 1. The summed E-state index contributed by atoms with van der Waals surface area (Å²) in [4.78, 5) is 21.8. The van der Waals surface area contributed by atoms with Crippen LogP contribution >= 0.6 is 0 Å². The zero-order valence-electron chi connectivity index (χ0n) is 13.1. The summed E-state index contributed by atoms with van der Waals surface area (Å²) in [5.41, 5.74) is 0. The molecular weight excluding hydrogens is 326 g/mol. The molecule has 9 heteroatoms.